The lowest BCUT2D eigenvalue weighted by atomic mass is 9.97. The minimum absolute atomic E-state index is 0.0237. The van der Waals surface area contributed by atoms with E-state index in [1.54, 1.807) is 25.1 Å². The number of hydrogen-bond donors (Lipinski definition) is 0. The second-order valence-corrected chi connectivity index (χ2v) is 5.00. The van der Waals surface area contributed by atoms with Gasteiger partial charge in [-0.25, -0.2) is 4.39 Å². The van der Waals surface area contributed by atoms with Gasteiger partial charge in [0.05, 0.1) is 12.7 Å². The number of carbonyl (C=O) groups excluding carboxylic acids is 1. The van der Waals surface area contributed by atoms with Gasteiger partial charge in [0.1, 0.15) is 11.6 Å². The van der Waals surface area contributed by atoms with Crippen LogP contribution in [0.4, 0.5) is 4.39 Å². The summed E-state index contributed by atoms with van der Waals surface area (Å²) in [6, 6.07) is 7.59. The summed E-state index contributed by atoms with van der Waals surface area (Å²) in [5.41, 5.74) is 1.99. The Balaban J connectivity index is 2.49. The SMILES string of the molecule is COc1ccc(C(=O)c2cc(C)c(Cl)cc2C)c(F)c1. The van der Waals surface area contributed by atoms with Gasteiger partial charge in [-0.3, -0.25) is 4.79 Å². The van der Waals surface area contributed by atoms with Gasteiger partial charge in [-0.05, 0) is 49.2 Å². The molecule has 0 bridgehead atoms. The molecular weight excluding hydrogens is 279 g/mol. The maximum absolute atomic E-state index is 14.0. The van der Waals surface area contributed by atoms with Crippen LogP contribution in [0.25, 0.3) is 0 Å². The first-order valence-corrected chi connectivity index (χ1v) is 6.47. The minimum Gasteiger partial charge on any atom is -0.497 e. The van der Waals surface area contributed by atoms with Crippen molar-refractivity contribution in [2.75, 3.05) is 7.11 Å². The molecule has 20 heavy (non-hydrogen) atoms. The number of hydrogen-bond acceptors (Lipinski definition) is 2. The molecule has 0 radical (unpaired) electrons. The molecule has 104 valence electrons. The van der Waals surface area contributed by atoms with Crippen molar-refractivity contribution in [2.24, 2.45) is 0 Å². The lowest BCUT2D eigenvalue weighted by Crippen LogP contribution is -2.07. The van der Waals surface area contributed by atoms with Crippen LogP contribution in [0.2, 0.25) is 5.02 Å². The summed E-state index contributed by atoms with van der Waals surface area (Å²) in [6.45, 7) is 3.59. The molecule has 0 saturated carbocycles. The molecule has 0 aromatic heterocycles. The van der Waals surface area contributed by atoms with Crippen molar-refractivity contribution in [1.29, 1.82) is 0 Å². The van der Waals surface area contributed by atoms with Gasteiger partial charge in [0.15, 0.2) is 5.78 Å². The molecule has 0 unspecified atom stereocenters. The quantitative estimate of drug-likeness (QED) is 0.787. The highest BCUT2D eigenvalue weighted by Crippen LogP contribution is 2.24. The second kappa shape index (κ2) is 5.63. The first kappa shape index (κ1) is 14.5. The van der Waals surface area contributed by atoms with E-state index in [9.17, 15) is 9.18 Å². The standard InChI is InChI=1S/C16H14ClFO2/c1-9-7-14(17)10(2)6-13(9)16(19)12-5-4-11(20-3)8-15(12)18/h4-8H,1-3H3. The van der Waals surface area contributed by atoms with Crippen LogP contribution in [0, 0.1) is 19.7 Å². The summed E-state index contributed by atoms with van der Waals surface area (Å²) in [5.74, 6) is -0.577. The number of carbonyl (C=O) groups is 1. The third-order valence-corrected chi connectivity index (χ3v) is 3.58. The Morgan fingerprint density at radius 2 is 1.80 bits per heavy atom. The lowest BCUT2D eigenvalue weighted by molar-refractivity contribution is 0.103. The summed E-state index contributed by atoms with van der Waals surface area (Å²) in [4.78, 5) is 12.4. The van der Waals surface area contributed by atoms with E-state index in [0.29, 0.717) is 16.3 Å². The molecule has 0 aliphatic rings. The van der Waals surface area contributed by atoms with E-state index in [4.69, 9.17) is 16.3 Å². The van der Waals surface area contributed by atoms with Crippen LogP contribution in [0.1, 0.15) is 27.0 Å². The largest absolute Gasteiger partial charge is 0.497 e. The van der Waals surface area contributed by atoms with E-state index in [0.717, 1.165) is 11.1 Å². The predicted molar refractivity (Wildman–Crippen MR) is 77.3 cm³/mol. The fourth-order valence-corrected chi connectivity index (χ4v) is 2.20. The Kier molecular flexibility index (Phi) is 4.09. The van der Waals surface area contributed by atoms with Crippen LogP contribution in [0.5, 0.6) is 5.75 Å². The van der Waals surface area contributed by atoms with E-state index in [-0.39, 0.29) is 11.3 Å². The van der Waals surface area contributed by atoms with Crippen molar-refractivity contribution in [3.05, 3.63) is 63.4 Å². The average molecular weight is 293 g/mol. The monoisotopic (exact) mass is 292 g/mol. The van der Waals surface area contributed by atoms with Crippen LogP contribution < -0.4 is 4.74 Å². The van der Waals surface area contributed by atoms with Crippen molar-refractivity contribution in [2.45, 2.75) is 13.8 Å². The van der Waals surface area contributed by atoms with Crippen LogP contribution in [0.3, 0.4) is 0 Å². The Hall–Kier alpha value is -1.87. The topological polar surface area (TPSA) is 26.3 Å². The molecule has 0 spiro atoms. The van der Waals surface area contributed by atoms with Gasteiger partial charge >= 0.3 is 0 Å². The van der Waals surface area contributed by atoms with Gasteiger partial charge < -0.3 is 4.74 Å². The Morgan fingerprint density at radius 1 is 1.10 bits per heavy atom. The highest BCUT2D eigenvalue weighted by atomic mass is 35.5. The Morgan fingerprint density at radius 3 is 2.40 bits per heavy atom. The maximum atomic E-state index is 14.0. The summed E-state index contributed by atoms with van der Waals surface area (Å²) in [5, 5.41) is 0.592. The summed E-state index contributed by atoms with van der Waals surface area (Å²) < 4.78 is 18.9. The van der Waals surface area contributed by atoms with Crippen LogP contribution in [0.15, 0.2) is 30.3 Å². The second-order valence-electron chi connectivity index (χ2n) is 4.59. The molecule has 4 heteroatoms. The number of methoxy groups -OCH3 is 1. The fourth-order valence-electron chi connectivity index (χ4n) is 1.98. The third-order valence-electron chi connectivity index (χ3n) is 3.17. The fraction of sp³-hybridized carbons (Fsp3) is 0.188. The van der Waals surface area contributed by atoms with Crippen molar-refractivity contribution in [3.8, 4) is 5.75 Å². The lowest BCUT2D eigenvalue weighted by Gasteiger charge is -2.09. The summed E-state index contributed by atoms with van der Waals surface area (Å²) >= 11 is 6.01. The molecule has 0 fully saturated rings. The summed E-state index contributed by atoms with van der Waals surface area (Å²) in [6.07, 6.45) is 0. The van der Waals surface area contributed by atoms with E-state index in [1.165, 1.54) is 19.2 Å². The Bertz CT molecular complexity index is 680. The molecule has 2 aromatic carbocycles. The van der Waals surface area contributed by atoms with Crippen LogP contribution in [-0.4, -0.2) is 12.9 Å². The molecule has 2 nitrogen and oxygen atoms in total. The van der Waals surface area contributed by atoms with Crippen LogP contribution >= 0.6 is 11.6 Å². The van der Waals surface area contributed by atoms with Crippen LogP contribution in [-0.2, 0) is 0 Å². The van der Waals surface area contributed by atoms with E-state index >= 15 is 0 Å². The van der Waals surface area contributed by atoms with Crippen molar-refractivity contribution < 1.29 is 13.9 Å². The summed E-state index contributed by atoms with van der Waals surface area (Å²) in [7, 11) is 1.45. The van der Waals surface area contributed by atoms with E-state index in [2.05, 4.69) is 0 Å². The maximum Gasteiger partial charge on any atom is 0.196 e. The van der Waals surface area contributed by atoms with Gasteiger partial charge in [0, 0.05) is 16.7 Å². The molecule has 0 aliphatic carbocycles. The number of ketones is 1. The predicted octanol–water partition coefficient (Wildman–Crippen LogP) is 4.34. The first-order chi connectivity index (χ1) is 9.43. The normalized spacial score (nSPS) is 10.4. The highest BCUT2D eigenvalue weighted by molar-refractivity contribution is 6.31. The molecular formula is C16H14ClFO2. The van der Waals surface area contributed by atoms with E-state index < -0.39 is 5.82 Å². The molecule has 0 amide bonds. The van der Waals surface area contributed by atoms with Crippen molar-refractivity contribution in [3.63, 3.8) is 0 Å². The molecule has 0 N–H and O–H groups in total. The van der Waals surface area contributed by atoms with E-state index in [1.807, 2.05) is 6.92 Å². The van der Waals surface area contributed by atoms with Crippen molar-refractivity contribution in [1.82, 2.24) is 0 Å². The number of ether oxygens (including phenoxy) is 1. The zero-order valence-electron chi connectivity index (χ0n) is 11.5. The average Bonchev–Trinajstić information content (AvgIpc) is 2.42. The number of rotatable bonds is 3. The van der Waals surface area contributed by atoms with Gasteiger partial charge in [-0.15, -0.1) is 0 Å². The number of halogens is 2. The molecule has 2 rings (SSSR count). The molecule has 0 atom stereocenters. The molecule has 0 heterocycles. The number of aryl methyl sites for hydroxylation is 2. The van der Waals surface area contributed by atoms with Gasteiger partial charge in [0.25, 0.3) is 0 Å². The zero-order chi connectivity index (χ0) is 14.9. The van der Waals surface area contributed by atoms with Gasteiger partial charge in [-0.1, -0.05) is 11.6 Å². The minimum atomic E-state index is -0.596. The molecule has 0 saturated heterocycles. The van der Waals surface area contributed by atoms with Gasteiger partial charge in [0.2, 0.25) is 0 Å². The molecule has 2 aromatic rings. The number of benzene rings is 2. The van der Waals surface area contributed by atoms with Crippen molar-refractivity contribution >= 4 is 17.4 Å². The Labute approximate surface area is 122 Å². The third kappa shape index (κ3) is 2.68. The first-order valence-electron chi connectivity index (χ1n) is 6.09. The molecule has 0 aliphatic heterocycles. The smallest absolute Gasteiger partial charge is 0.196 e. The highest BCUT2D eigenvalue weighted by Gasteiger charge is 2.17. The zero-order valence-corrected chi connectivity index (χ0v) is 12.2. The van der Waals surface area contributed by atoms with Gasteiger partial charge in [-0.2, -0.15) is 0 Å².